The Kier molecular flexibility index (Phi) is 4.38. The van der Waals surface area contributed by atoms with Crippen molar-refractivity contribution in [1.29, 1.82) is 0 Å². The molecule has 0 saturated carbocycles. The lowest BCUT2D eigenvalue weighted by molar-refractivity contribution is -0.274. The number of hydrogen-bond donors (Lipinski definition) is 2. The molecule has 2 N–H and O–H groups in total. The molecule has 0 saturated heterocycles. The normalized spacial score (nSPS) is 11.7. The van der Waals surface area contributed by atoms with Crippen molar-refractivity contribution in [2.24, 2.45) is 0 Å². The number of aryl methyl sites for hydroxylation is 1. The van der Waals surface area contributed by atoms with Gasteiger partial charge in [0.15, 0.2) is 0 Å². The van der Waals surface area contributed by atoms with Gasteiger partial charge in [-0.15, -0.1) is 13.2 Å². The third kappa shape index (κ3) is 3.71. The standard InChI is InChI=1S/C22H15F3O4/c1-12-9-16(27)11-18-19(14-3-2-4-17(10-14)29-22(23,24)25)21(28-20(12)18)13-5-7-15(26)8-6-13/h2-11,26-27H,1H3. The number of halogens is 3. The van der Waals surface area contributed by atoms with Gasteiger partial charge < -0.3 is 19.4 Å². The van der Waals surface area contributed by atoms with Crippen LogP contribution in [0.25, 0.3) is 33.4 Å². The van der Waals surface area contributed by atoms with Crippen molar-refractivity contribution in [1.82, 2.24) is 0 Å². The number of furan rings is 1. The van der Waals surface area contributed by atoms with E-state index in [2.05, 4.69) is 4.74 Å². The molecule has 4 nitrogen and oxygen atoms in total. The molecule has 0 radical (unpaired) electrons. The zero-order chi connectivity index (χ0) is 20.8. The summed E-state index contributed by atoms with van der Waals surface area (Å²) in [6.45, 7) is 1.76. The highest BCUT2D eigenvalue weighted by molar-refractivity contribution is 6.03. The Hall–Kier alpha value is -3.61. The molecular weight excluding hydrogens is 385 g/mol. The lowest BCUT2D eigenvalue weighted by Gasteiger charge is -2.10. The first-order valence-electron chi connectivity index (χ1n) is 8.63. The number of phenolic OH excluding ortho intramolecular Hbond substituents is 2. The van der Waals surface area contributed by atoms with E-state index in [-0.39, 0.29) is 17.2 Å². The lowest BCUT2D eigenvalue weighted by Crippen LogP contribution is -2.17. The number of ether oxygens (including phenoxy) is 1. The van der Waals surface area contributed by atoms with Crippen LogP contribution >= 0.6 is 0 Å². The maximum atomic E-state index is 12.7. The molecule has 1 aromatic heterocycles. The average Bonchev–Trinajstić information content (AvgIpc) is 3.01. The summed E-state index contributed by atoms with van der Waals surface area (Å²) in [7, 11) is 0. The second-order valence-corrected chi connectivity index (χ2v) is 6.57. The molecule has 1 heterocycles. The van der Waals surface area contributed by atoms with Crippen LogP contribution in [0.4, 0.5) is 13.2 Å². The monoisotopic (exact) mass is 400 g/mol. The smallest absolute Gasteiger partial charge is 0.508 e. The van der Waals surface area contributed by atoms with Crippen molar-refractivity contribution < 1.29 is 32.5 Å². The summed E-state index contributed by atoms with van der Waals surface area (Å²) in [6, 6.07) is 14.9. The number of rotatable bonds is 3. The predicted octanol–water partition coefficient (Wildman–Crippen LogP) is 6.39. The van der Waals surface area contributed by atoms with Crippen LogP contribution in [0.15, 0.2) is 65.1 Å². The Labute approximate surface area is 163 Å². The highest BCUT2D eigenvalue weighted by Crippen LogP contribution is 2.44. The molecule has 4 aromatic rings. The fraction of sp³-hybridized carbons (Fsp3) is 0.0909. The third-order valence-electron chi connectivity index (χ3n) is 4.45. The van der Waals surface area contributed by atoms with Crippen LogP contribution in [0.5, 0.6) is 17.2 Å². The number of hydrogen-bond acceptors (Lipinski definition) is 4. The van der Waals surface area contributed by atoms with Crippen molar-refractivity contribution in [3.8, 4) is 39.7 Å². The van der Waals surface area contributed by atoms with E-state index >= 15 is 0 Å². The third-order valence-corrected chi connectivity index (χ3v) is 4.45. The van der Waals surface area contributed by atoms with Crippen LogP contribution in [0.1, 0.15) is 5.56 Å². The fourth-order valence-electron chi connectivity index (χ4n) is 3.30. The zero-order valence-corrected chi connectivity index (χ0v) is 15.1. The van der Waals surface area contributed by atoms with Crippen molar-refractivity contribution in [3.63, 3.8) is 0 Å². The van der Waals surface area contributed by atoms with Gasteiger partial charge in [-0.2, -0.15) is 0 Å². The summed E-state index contributed by atoms with van der Waals surface area (Å²) in [6.07, 6.45) is -4.81. The van der Waals surface area contributed by atoms with Crippen molar-refractivity contribution in [3.05, 3.63) is 66.2 Å². The molecule has 7 heteroatoms. The number of fused-ring (bicyclic) bond motifs is 1. The molecule has 148 valence electrons. The van der Waals surface area contributed by atoms with Crippen LogP contribution < -0.4 is 4.74 Å². The van der Waals surface area contributed by atoms with E-state index in [1.54, 1.807) is 31.2 Å². The Morgan fingerprint density at radius 3 is 2.28 bits per heavy atom. The summed E-state index contributed by atoms with van der Waals surface area (Å²) >= 11 is 0. The second kappa shape index (κ2) is 6.77. The van der Waals surface area contributed by atoms with Crippen molar-refractivity contribution >= 4 is 11.0 Å². The molecule has 0 atom stereocenters. The summed E-state index contributed by atoms with van der Waals surface area (Å²) in [5.41, 5.74) is 2.74. The first kappa shape index (κ1) is 18.7. The van der Waals surface area contributed by atoms with Gasteiger partial charge in [-0.3, -0.25) is 0 Å². The molecule has 0 amide bonds. The Morgan fingerprint density at radius 1 is 0.862 bits per heavy atom. The first-order chi connectivity index (χ1) is 13.7. The highest BCUT2D eigenvalue weighted by atomic mass is 19.4. The maximum absolute atomic E-state index is 12.7. The average molecular weight is 400 g/mol. The van der Waals surface area contributed by atoms with E-state index in [4.69, 9.17) is 4.42 Å². The van der Waals surface area contributed by atoms with Crippen LogP contribution in [-0.2, 0) is 0 Å². The topological polar surface area (TPSA) is 62.8 Å². The van der Waals surface area contributed by atoms with Gasteiger partial charge in [-0.05, 0) is 66.6 Å². The van der Waals surface area contributed by atoms with E-state index < -0.39 is 6.36 Å². The molecule has 29 heavy (non-hydrogen) atoms. The SMILES string of the molecule is Cc1cc(O)cc2c(-c3cccc(OC(F)(F)F)c3)c(-c3ccc(O)cc3)oc12. The van der Waals surface area contributed by atoms with Crippen molar-refractivity contribution in [2.75, 3.05) is 0 Å². The minimum absolute atomic E-state index is 0.0111. The predicted molar refractivity (Wildman–Crippen MR) is 102 cm³/mol. The zero-order valence-electron chi connectivity index (χ0n) is 15.1. The number of aromatic hydroxyl groups is 2. The van der Waals surface area contributed by atoms with E-state index in [1.807, 2.05) is 0 Å². The Bertz CT molecular complexity index is 1190. The van der Waals surface area contributed by atoms with Gasteiger partial charge in [0.25, 0.3) is 0 Å². The van der Waals surface area contributed by atoms with Gasteiger partial charge in [0, 0.05) is 16.5 Å². The fourth-order valence-corrected chi connectivity index (χ4v) is 3.30. The second-order valence-electron chi connectivity index (χ2n) is 6.57. The van der Waals surface area contributed by atoms with Gasteiger partial charge in [-0.25, -0.2) is 0 Å². The molecule has 0 aliphatic carbocycles. The van der Waals surface area contributed by atoms with Crippen LogP contribution in [-0.4, -0.2) is 16.6 Å². The van der Waals surface area contributed by atoms with Crippen LogP contribution in [0.3, 0.4) is 0 Å². The summed E-state index contributed by atoms with van der Waals surface area (Å²) in [5.74, 6) is 0.119. The summed E-state index contributed by atoms with van der Waals surface area (Å²) in [5, 5.41) is 20.2. The van der Waals surface area contributed by atoms with Gasteiger partial charge in [0.1, 0.15) is 28.6 Å². The minimum atomic E-state index is -4.81. The Morgan fingerprint density at radius 2 is 1.59 bits per heavy atom. The molecule has 0 unspecified atom stereocenters. The van der Waals surface area contributed by atoms with E-state index in [1.165, 1.54) is 36.4 Å². The van der Waals surface area contributed by atoms with Gasteiger partial charge in [0.05, 0.1) is 0 Å². The molecule has 0 bridgehead atoms. The van der Waals surface area contributed by atoms with Gasteiger partial charge in [0.2, 0.25) is 0 Å². The largest absolute Gasteiger partial charge is 0.573 e. The van der Waals surface area contributed by atoms with Gasteiger partial charge >= 0.3 is 6.36 Å². The van der Waals surface area contributed by atoms with E-state index in [9.17, 15) is 23.4 Å². The van der Waals surface area contributed by atoms with Gasteiger partial charge in [-0.1, -0.05) is 12.1 Å². The lowest BCUT2D eigenvalue weighted by atomic mass is 9.97. The highest BCUT2D eigenvalue weighted by Gasteiger charge is 2.31. The summed E-state index contributed by atoms with van der Waals surface area (Å²) < 4.78 is 48.1. The van der Waals surface area contributed by atoms with E-state index in [0.717, 1.165) is 0 Å². The van der Waals surface area contributed by atoms with Crippen LogP contribution in [0, 0.1) is 6.92 Å². The first-order valence-corrected chi connectivity index (χ1v) is 8.63. The molecular formula is C22H15F3O4. The maximum Gasteiger partial charge on any atom is 0.573 e. The molecule has 3 aromatic carbocycles. The molecule has 4 rings (SSSR count). The van der Waals surface area contributed by atoms with Crippen LogP contribution in [0.2, 0.25) is 0 Å². The van der Waals surface area contributed by atoms with Crippen molar-refractivity contribution in [2.45, 2.75) is 13.3 Å². The quantitative estimate of drug-likeness (QED) is 0.419. The number of benzene rings is 3. The molecule has 0 fully saturated rings. The molecule has 0 aliphatic rings. The summed E-state index contributed by atoms with van der Waals surface area (Å²) in [4.78, 5) is 0. The number of phenols is 2. The van der Waals surface area contributed by atoms with E-state index in [0.29, 0.717) is 39.0 Å². The minimum Gasteiger partial charge on any atom is -0.508 e. The Balaban J connectivity index is 1.98. The molecule has 0 spiro atoms. The molecule has 0 aliphatic heterocycles. The number of alkyl halides is 3.